The molecule has 0 saturated carbocycles. The van der Waals surface area contributed by atoms with Gasteiger partial charge in [0.2, 0.25) is 0 Å². The van der Waals surface area contributed by atoms with Crippen molar-refractivity contribution in [2.75, 3.05) is 38.3 Å². The van der Waals surface area contributed by atoms with E-state index in [2.05, 4.69) is 37.4 Å². The van der Waals surface area contributed by atoms with E-state index in [1.165, 1.54) is 5.56 Å². The second-order valence-corrected chi connectivity index (χ2v) is 5.62. The monoisotopic (exact) mass is 329 g/mol. The number of ether oxygens (including phenoxy) is 3. The van der Waals surface area contributed by atoms with Gasteiger partial charge in [-0.2, -0.15) is 0 Å². The Kier molecular flexibility index (Phi) is 7.43. The van der Waals surface area contributed by atoms with Gasteiger partial charge in [-0.3, -0.25) is 0 Å². The van der Waals surface area contributed by atoms with Gasteiger partial charge in [0, 0.05) is 24.9 Å². The second kappa shape index (κ2) is 9.83. The van der Waals surface area contributed by atoms with Crippen molar-refractivity contribution in [2.45, 2.75) is 20.8 Å². The number of benzene rings is 2. The van der Waals surface area contributed by atoms with Crippen molar-refractivity contribution >= 4 is 5.69 Å². The van der Waals surface area contributed by atoms with Gasteiger partial charge >= 0.3 is 0 Å². The van der Waals surface area contributed by atoms with E-state index in [4.69, 9.17) is 14.2 Å². The summed E-state index contributed by atoms with van der Waals surface area (Å²) in [7, 11) is 0. The molecule has 0 saturated heterocycles. The van der Waals surface area contributed by atoms with Gasteiger partial charge in [0.05, 0.1) is 6.61 Å². The molecule has 2 aromatic rings. The Labute approximate surface area is 144 Å². The molecule has 2 aromatic carbocycles. The van der Waals surface area contributed by atoms with Crippen molar-refractivity contribution in [1.29, 1.82) is 0 Å². The van der Waals surface area contributed by atoms with Crippen LogP contribution in [0.1, 0.15) is 18.1 Å². The van der Waals surface area contributed by atoms with Crippen LogP contribution in [-0.4, -0.2) is 33.0 Å². The van der Waals surface area contributed by atoms with E-state index in [0.29, 0.717) is 26.4 Å². The molecular weight excluding hydrogens is 302 g/mol. The van der Waals surface area contributed by atoms with E-state index in [1.54, 1.807) is 0 Å². The lowest BCUT2D eigenvalue weighted by Gasteiger charge is -2.12. The summed E-state index contributed by atoms with van der Waals surface area (Å²) >= 11 is 0. The molecule has 0 unspecified atom stereocenters. The summed E-state index contributed by atoms with van der Waals surface area (Å²) in [5, 5.41) is 3.35. The van der Waals surface area contributed by atoms with Crippen molar-refractivity contribution in [3.05, 3.63) is 53.6 Å². The molecule has 1 N–H and O–H groups in total. The topological polar surface area (TPSA) is 39.7 Å². The molecule has 0 spiro atoms. The maximum Gasteiger partial charge on any atom is 0.122 e. The van der Waals surface area contributed by atoms with Gasteiger partial charge in [-0.25, -0.2) is 0 Å². The average molecular weight is 329 g/mol. The van der Waals surface area contributed by atoms with Gasteiger partial charge in [0.15, 0.2) is 0 Å². The Bertz CT molecular complexity index is 628. The molecule has 0 aliphatic carbocycles. The molecule has 130 valence electrons. The third kappa shape index (κ3) is 6.13. The summed E-state index contributed by atoms with van der Waals surface area (Å²) in [5.74, 6) is 1.79. The molecule has 0 aromatic heterocycles. The van der Waals surface area contributed by atoms with Crippen molar-refractivity contribution < 1.29 is 14.2 Å². The van der Waals surface area contributed by atoms with Gasteiger partial charge < -0.3 is 19.5 Å². The van der Waals surface area contributed by atoms with Crippen LogP contribution in [-0.2, 0) is 4.74 Å². The number of nitrogens with one attached hydrogen (secondary N) is 1. The summed E-state index contributed by atoms with van der Waals surface area (Å²) in [6.07, 6.45) is 0. The van der Waals surface area contributed by atoms with Crippen LogP contribution >= 0.6 is 0 Å². The van der Waals surface area contributed by atoms with Gasteiger partial charge in [-0.15, -0.1) is 0 Å². The SMILES string of the molecule is CCOCCOc1cccc(NCCOc2cc(C)ccc2C)c1. The quantitative estimate of drug-likeness (QED) is 0.663. The van der Waals surface area contributed by atoms with E-state index in [1.807, 2.05) is 31.2 Å². The summed E-state index contributed by atoms with van der Waals surface area (Å²) in [5.41, 5.74) is 3.39. The number of hydrogen-bond acceptors (Lipinski definition) is 4. The largest absolute Gasteiger partial charge is 0.491 e. The fourth-order valence-electron chi connectivity index (χ4n) is 2.28. The van der Waals surface area contributed by atoms with Gasteiger partial charge in [-0.1, -0.05) is 18.2 Å². The smallest absolute Gasteiger partial charge is 0.122 e. The third-order valence-electron chi connectivity index (χ3n) is 3.57. The molecule has 0 bridgehead atoms. The zero-order valence-electron chi connectivity index (χ0n) is 14.8. The maximum absolute atomic E-state index is 5.85. The van der Waals surface area contributed by atoms with Crippen LogP contribution in [0, 0.1) is 13.8 Å². The summed E-state index contributed by atoms with van der Waals surface area (Å²) in [4.78, 5) is 0. The molecule has 0 aliphatic rings. The van der Waals surface area contributed by atoms with Crippen molar-refractivity contribution in [3.8, 4) is 11.5 Å². The zero-order valence-corrected chi connectivity index (χ0v) is 14.8. The molecule has 4 nitrogen and oxygen atoms in total. The molecule has 24 heavy (non-hydrogen) atoms. The lowest BCUT2D eigenvalue weighted by Crippen LogP contribution is -2.12. The van der Waals surface area contributed by atoms with Crippen LogP contribution in [0.4, 0.5) is 5.69 Å². The van der Waals surface area contributed by atoms with Crippen LogP contribution in [0.25, 0.3) is 0 Å². The van der Waals surface area contributed by atoms with E-state index < -0.39 is 0 Å². The van der Waals surface area contributed by atoms with Gasteiger partial charge in [-0.05, 0) is 50.1 Å². The molecular formula is C20H27NO3. The van der Waals surface area contributed by atoms with Crippen molar-refractivity contribution in [1.82, 2.24) is 0 Å². The molecule has 0 atom stereocenters. The van der Waals surface area contributed by atoms with Gasteiger partial charge in [0.1, 0.15) is 24.7 Å². The van der Waals surface area contributed by atoms with E-state index in [-0.39, 0.29) is 0 Å². The Morgan fingerprint density at radius 2 is 1.79 bits per heavy atom. The first kappa shape index (κ1) is 18.1. The first-order valence-corrected chi connectivity index (χ1v) is 8.43. The highest BCUT2D eigenvalue weighted by molar-refractivity contribution is 5.48. The predicted octanol–water partition coefficient (Wildman–Crippen LogP) is 4.21. The highest BCUT2D eigenvalue weighted by Gasteiger charge is 2.00. The average Bonchev–Trinajstić information content (AvgIpc) is 2.59. The first-order chi connectivity index (χ1) is 11.7. The van der Waals surface area contributed by atoms with Crippen LogP contribution in [0.5, 0.6) is 11.5 Å². The number of aryl methyl sites for hydroxylation is 2. The number of hydrogen-bond donors (Lipinski definition) is 1. The summed E-state index contributed by atoms with van der Waals surface area (Å²) < 4.78 is 16.8. The summed E-state index contributed by atoms with van der Waals surface area (Å²) in [6.45, 7) is 9.34. The lowest BCUT2D eigenvalue weighted by molar-refractivity contribution is 0.110. The lowest BCUT2D eigenvalue weighted by atomic mass is 10.1. The minimum absolute atomic E-state index is 0.563. The molecule has 0 fully saturated rings. The molecule has 4 heteroatoms. The highest BCUT2D eigenvalue weighted by atomic mass is 16.5. The molecule has 0 heterocycles. The minimum atomic E-state index is 0.563. The minimum Gasteiger partial charge on any atom is -0.491 e. The fourth-order valence-corrected chi connectivity index (χ4v) is 2.28. The van der Waals surface area contributed by atoms with E-state index >= 15 is 0 Å². The molecule has 2 rings (SSSR count). The Hall–Kier alpha value is -2.20. The van der Waals surface area contributed by atoms with E-state index in [0.717, 1.165) is 29.3 Å². The zero-order chi connectivity index (χ0) is 17.2. The van der Waals surface area contributed by atoms with Gasteiger partial charge in [0.25, 0.3) is 0 Å². The molecule has 0 aliphatic heterocycles. The second-order valence-electron chi connectivity index (χ2n) is 5.62. The third-order valence-corrected chi connectivity index (χ3v) is 3.57. The Morgan fingerprint density at radius 3 is 2.62 bits per heavy atom. The Morgan fingerprint density at radius 1 is 0.917 bits per heavy atom. The Balaban J connectivity index is 1.74. The standard InChI is InChI=1S/C20H27NO3/c1-4-22-12-13-23-19-7-5-6-18(15-19)21-10-11-24-20-14-16(2)8-9-17(20)3/h5-9,14-15,21H,4,10-13H2,1-3H3. The van der Waals surface area contributed by atoms with E-state index in [9.17, 15) is 0 Å². The van der Waals surface area contributed by atoms with Crippen LogP contribution in [0.15, 0.2) is 42.5 Å². The fraction of sp³-hybridized carbons (Fsp3) is 0.400. The first-order valence-electron chi connectivity index (χ1n) is 8.43. The normalized spacial score (nSPS) is 10.5. The molecule has 0 amide bonds. The van der Waals surface area contributed by atoms with Crippen LogP contribution < -0.4 is 14.8 Å². The number of rotatable bonds is 10. The highest BCUT2D eigenvalue weighted by Crippen LogP contribution is 2.19. The summed E-state index contributed by atoms with van der Waals surface area (Å²) in [6, 6.07) is 14.2. The van der Waals surface area contributed by atoms with Crippen molar-refractivity contribution in [2.24, 2.45) is 0 Å². The maximum atomic E-state index is 5.85. The number of anilines is 1. The van der Waals surface area contributed by atoms with Crippen LogP contribution in [0.2, 0.25) is 0 Å². The van der Waals surface area contributed by atoms with Crippen LogP contribution in [0.3, 0.4) is 0 Å². The predicted molar refractivity (Wildman–Crippen MR) is 98.3 cm³/mol. The van der Waals surface area contributed by atoms with Crippen molar-refractivity contribution in [3.63, 3.8) is 0 Å². The molecule has 0 radical (unpaired) electrons.